The van der Waals surface area contributed by atoms with Gasteiger partial charge in [0.25, 0.3) is 5.91 Å². The molecular formula is C13H16N4O2. The Morgan fingerprint density at radius 3 is 2.32 bits per heavy atom. The standard InChI is InChI=1S/C13H16N4O2/c1-13(2,3)9-6-4-8(5-7-9)12(18)15-11-10(14)16-19-17-11/h4-7H,1-3H3,(H2,14,16)(H,15,17,18). The molecule has 3 N–H and O–H groups in total. The average Bonchev–Trinajstić information content (AvgIpc) is 2.74. The van der Waals surface area contributed by atoms with Crippen molar-refractivity contribution in [3.63, 3.8) is 0 Å². The number of hydrogen-bond donors (Lipinski definition) is 2. The monoisotopic (exact) mass is 260 g/mol. The van der Waals surface area contributed by atoms with Crippen molar-refractivity contribution in [3.8, 4) is 0 Å². The first-order chi connectivity index (χ1) is 8.88. The fraction of sp³-hybridized carbons (Fsp3) is 0.308. The van der Waals surface area contributed by atoms with Crippen LogP contribution in [0.1, 0.15) is 36.7 Å². The van der Waals surface area contributed by atoms with E-state index in [1.807, 2.05) is 12.1 Å². The highest BCUT2D eigenvalue weighted by Crippen LogP contribution is 2.22. The third-order valence-electron chi connectivity index (χ3n) is 2.76. The maximum Gasteiger partial charge on any atom is 0.257 e. The lowest BCUT2D eigenvalue weighted by atomic mass is 9.87. The maximum atomic E-state index is 11.9. The summed E-state index contributed by atoms with van der Waals surface area (Å²) in [6, 6.07) is 7.39. The van der Waals surface area contributed by atoms with Crippen LogP contribution < -0.4 is 11.1 Å². The van der Waals surface area contributed by atoms with Crippen LogP contribution in [0.25, 0.3) is 0 Å². The van der Waals surface area contributed by atoms with E-state index in [1.54, 1.807) is 12.1 Å². The summed E-state index contributed by atoms with van der Waals surface area (Å²) in [7, 11) is 0. The molecule has 0 saturated heterocycles. The van der Waals surface area contributed by atoms with Gasteiger partial charge in [-0.25, -0.2) is 4.63 Å². The predicted molar refractivity (Wildman–Crippen MR) is 71.8 cm³/mol. The molecular weight excluding hydrogens is 244 g/mol. The summed E-state index contributed by atoms with van der Waals surface area (Å²) in [5.74, 6) is -0.118. The SMILES string of the molecule is CC(C)(C)c1ccc(C(=O)Nc2nonc2N)cc1. The van der Waals surface area contributed by atoms with Gasteiger partial charge >= 0.3 is 0 Å². The Kier molecular flexibility index (Phi) is 3.25. The van der Waals surface area contributed by atoms with Crippen molar-refractivity contribution < 1.29 is 9.42 Å². The summed E-state index contributed by atoms with van der Waals surface area (Å²) in [6.45, 7) is 6.34. The second-order valence-corrected chi connectivity index (χ2v) is 5.28. The van der Waals surface area contributed by atoms with Gasteiger partial charge in [-0.3, -0.25) is 4.79 Å². The van der Waals surface area contributed by atoms with E-state index < -0.39 is 0 Å². The molecule has 1 heterocycles. The predicted octanol–water partition coefficient (Wildman–Crippen LogP) is 2.20. The number of hydrogen-bond acceptors (Lipinski definition) is 5. The minimum Gasteiger partial charge on any atom is -0.378 e. The molecule has 0 aliphatic heterocycles. The van der Waals surface area contributed by atoms with E-state index in [0.29, 0.717) is 5.56 Å². The molecule has 0 unspecified atom stereocenters. The quantitative estimate of drug-likeness (QED) is 0.863. The van der Waals surface area contributed by atoms with E-state index in [9.17, 15) is 4.79 Å². The summed E-state index contributed by atoms with van der Waals surface area (Å²) >= 11 is 0. The van der Waals surface area contributed by atoms with E-state index >= 15 is 0 Å². The van der Waals surface area contributed by atoms with Gasteiger partial charge in [0.2, 0.25) is 11.6 Å². The number of carbonyl (C=O) groups excluding carboxylic acids is 1. The second kappa shape index (κ2) is 4.72. The Morgan fingerprint density at radius 2 is 1.84 bits per heavy atom. The van der Waals surface area contributed by atoms with Crippen molar-refractivity contribution in [1.29, 1.82) is 0 Å². The van der Waals surface area contributed by atoms with Gasteiger partial charge in [0.05, 0.1) is 0 Å². The molecule has 0 aliphatic carbocycles. The summed E-state index contributed by atoms with van der Waals surface area (Å²) in [5.41, 5.74) is 7.20. The number of nitrogens with one attached hydrogen (secondary N) is 1. The summed E-state index contributed by atoms with van der Waals surface area (Å²) in [4.78, 5) is 11.9. The fourth-order valence-electron chi connectivity index (χ4n) is 1.58. The minimum absolute atomic E-state index is 0.0511. The van der Waals surface area contributed by atoms with E-state index in [4.69, 9.17) is 5.73 Å². The van der Waals surface area contributed by atoms with E-state index in [2.05, 4.69) is 41.0 Å². The Morgan fingerprint density at radius 1 is 1.21 bits per heavy atom. The number of anilines is 2. The molecule has 6 heteroatoms. The summed E-state index contributed by atoms with van der Waals surface area (Å²) < 4.78 is 4.41. The fourth-order valence-corrected chi connectivity index (χ4v) is 1.58. The summed E-state index contributed by atoms with van der Waals surface area (Å²) in [6.07, 6.45) is 0. The van der Waals surface area contributed by atoms with Gasteiger partial charge in [0.15, 0.2) is 0 Å². The Balaban J connectivity index is 2.14. The number of rotatable bonds is 2. The van der Waals surface area contributed by atoms with Crippen molar-refractivity contribution in [2.75, 3.05) is 11.1 Å². The minimum atomic E-state index is -0.303. The zero-order valence-corrected chi connectivity index (χ0v) is 11.1. The highest BCUT2D eigenvalue weighted by Gasteiger charge is 2.15. The van der Waals surface area contributed by atoms with Crippen molar-refractivity contribution in [3.05, 3.63) is 35.4 Å². The van der Waals surface area contributed by atoms with Gasteiger partial charge in [0, 0.05) is 5.56 Å². The molecule has 0 fully saturated rings. The topological polar surface area (TPSA) is 94.0 Å². The average molecular weight is 260 g/mol. The molecule has 1 aromatic heterocycles. The Hall–Kier alpha value is -2.37. The van der Waals surface area contributed by atoms with E-state index in [1.165, 1.54) is 0 Å². The van der Waals surface area contributed by atoms with Crippen LogP contribution in [0.5, 0.6) is 0 Å². The lowest BCUT2D eigenvalue weighted by Crippen LogP contribution is -2.15. The van der Waals surface area contributed by atoms with Gasteiger partial charge in [-0.1, -0.05) is 32.9 Å². The molecule has 0 aliphatic rings. The van der Waals surface area contributed by atoms with Gasteiger partial charge in [0.1, 0.15) is 0 Å². The van der Waals surface area contributed by atoms with Crippen LogP contribution in [0.3, 0.4) is 0 Å². The first-order valence-electron chi connectivity index (χ1n) is 5.88. The molecule has 0 saturated carbocycles. The first-order valence-corrected chi connectivity index (χ1v) is 5.88. The van der Waals surface area contributed by atoms with Crippen LogP contribution in [-0.4, -0.2) is 16.2 Å². The number of aromatic nitrogens is 2. The molecule has 0 bridgehead atoms. The molecule has 1 aromatic carbocycles. The van der Waals surface area contributed by atoms with E-state index in [-0.39, 0.29) is 23.0 Å². The van der Waals surface area contributed by atoms with Crippen LogP contribution in [0.2, 0.25) is 0 Å². The molecule has 0 atom stereocenters. The van der Waals surface area contributed by atoms with Crippen molar-refractivity contribution in [2.45, 2.75) is 26.2 Å². The van der Waals surface area contributed by atoms with Crippen LogP contribution in [-0.2, 0) is 5.41 Å². The zero-order valence-electron chi connectivity index (χ0n) is 11.1. The number of nitrogens with two attached hydrogens (primary N) is 1. The highest BCUT2D eigenvalue weighted by atomic mass is 16.6. The Labute approximate surface area is 111 Å². The molecule has 19 heavy (non-hydrogen) atoms. The van der Waals surface area contributed by atoms with Gasteiger partial charge in [-0.05, 0) is 33.4 Å². The third kappa shape index (κ3) is 2.90. The highest BCUT2D eigenvalue weighted by molar-refractivity contribution is 6.04. The molecule has 0 radical (unpaired) electrons. The second-order valence-electron chi connectivity index (χ2n) is 5.28. The normalized spacial score (nSPS) is 11.3. The zero-order chi connectivity index (χ0) is 14.0. The first kappa shape index (κ1) is 13.1. The molecule has 100 valence electrons. The number of nitrogens with zero attached hydrogens (tertiary/aromatic N) is 2. The van der Waals surface area contributed by atoms with Crippen LogP contribution in [0.4, 0.5) is 11.6 Å². The molecule has 2 aromatic rings. The third-order valence-corrected chi connectivity index (χ3v) is 2.76. The lowest BCUT2D eigenvalue weighted by Gasteiger charge is -2.18. The lowest BCUT2D eigenvalue weighted by molar-refractivity contribution is 0.102. The molecule has 2 rings (SSSR count). The van der Waals surface area contributed by atoms with E-state index in [0.717, 1.165) is 5.56 Å². The maximum absolute atomic E-state index is 11.9. The van der Waals surface area contributed by atoms with Gasteiger partial charge < -0.3 is 11.1 Å². The number of nitrogen functional groups attached to an aromatic ring is 1. The Bertz CT molecular complexity index is 581. The summed E-state index contributed by atoms with van der Waals surface area (Å²) in [5, 5.41) is 9.42. The molecule has 6 nitrogen and oxygen atoms in total. The number of carbonyl (C=O) groups is 1. The van der Waals surface area contributed by atoms with Crippen molar-refractivity contribution in [2.24, 2.45) is 0 Å². The van der Waals surface area contributed by atoms with Crippen molar-refractivity contribution in [1.82, 2.24) is 10.3 Å². The van der Waals surface area contributed by atoms with Gasteiger partial charge in [-0.15, -0.1) is 0 Å². The van der Waals surface area contributed by atoms with Crippen molar-refractivity contribution >= 4 is 17.5 Å². The van der Waals surface area contributed by atoms with Gasteiger partial charge in [-0.2, -0.15) is 0 Å². The number of amides is 1. The molecule has 0 spiro atoms. The van der Waals surface area contributed by atoms with Crippen LogP contribution in [0, 0.1) is 0 Å². The number of benzene rings is 1. The van der Waals surface area contributed by atoms with Crippen LogP contribution >= 0.6 is 0 Å². The van der Waals surface area contributed by atoms with Crippen LogP contribution in [0.15, 0.2) is 28.9 Å². The largest absolute Gasteiger partial charge is 0.378 e. The molecule has 1 amide bonds. The smallest absolute Gasteiger partial charge is 0.257 e.